The van der Waals surface area contributed by atoms with E-state index in [0.29, 0.717) is 0 Å². The SMILES string of the molecule is COc1ccc2c(c1)C(Nc1cc(F)c(Br)cc1F)CC2. The lowest BCUT2D eigenvalue weighted by atomic mass is 10.1. The van der Waals surface area contributed by atoms with E-state index in [4.69, 9.17) is 4.74 Å². The Morgan fingerprint density at radius 2 is 2.00 bits per heavy atom. The van der Waals surface area contributed by atoms with Gasteiger partial charge in [-0.25, -0.2) is 8.78 Å². The standard InChI is InChI=1S/C16H14BrF2NO/c1-21-10-4-2-9-3-5-15(11(9)6-10)20-16-8-13(18)12(17)7-14(16)19/h2,4,6-8,15,20H,3,5H2,1H3. The smallest absolute Gasteiger partial charge is 0.147 e. The summed E-state index contributed by atoms with van der Waals surface area (Å²) in [5, 5.41) is 3.09. The molecule has 2 aromatic carbocycles. The summed E-state index contributed by atoms with van der Waals surface area (Å²) in [6, 6.07) is 8.17. The predicted octanol–water partition coefficient (Wildman–Crippen LogP) is 4.84. The first kappa shape index (κ1) is 14.3. The maximum Gasteiger partial charge on any atom is 0.147 e. The first-order valence-corrected chi connectivity index (χ1v) is 7.45. The summed E-state index contributed by atoms with van der Waals surface area (Å²) in [4.78, 5) is 0. The van der Waals surface area contributed by atoms with Gasteiger partial charge in [0.2, 0.25) is 0 Å². The Morgan fingerprint density at radius 1 is 1.19 bits per heavy atom. The van der Waals surface area contributed by atoms with E-state index in [0.717, 1.165) is 30.2 Å². The van der Waals surface area contributed by atoms with Crippen LogP contribution in [0, 0.1) is 11.6 Å². The zero-order valence-corrected chi connectivity index (χ0v) is 13.0. The number of halogens is 3. The fourth-order valence-corrected chi connectivity index (χ4v) is 2.99. The molecule has 0 saturated carbocycles. The van der Waals surface area contributed by atoms with E-state index >= 15 is 0 Å². The Labute approximate surface area is 130 Å². The number of methoxy groups -OCH3 is 1. The van der Waals surface area contributed by atoms with Crippen molar-refractivity contribution in [1.82, 2.24) is 0 Å². The van der Waals surface area contributed by atoms with Gasteiger partial charge in [0, 0.05) is 6.07 Å². The number of aryl methyl sites for hydroxylation is 1. The van der Waals surface area contributed by atoms with Crippen molar-refractivity contribution in [2.45, 2.75) is 18.9 Å². The van der Waals surface area contributed by atoms with Crippen molar-refractivity contribution < 1.29 is 13.5 Å². The van der Waals surface area contributed by atoms with Crippen LogP contribution in [0.3, 0.4) is 0 Å². The summed E-state index contributed by atoms with van der Waals surface area (Å²) in [6.45, 7) is 0. The molecule has 2 aromatic rings. The molecule has 0 heterocycles. The van der Waals surface area contributed by atoms with Crippen molar-refractivity contribution in [3.05, 3.63) is 57.6 Å². The van der Waals surface area contributed by atoms with Gasteiger partial charge in [0.25, 0.3) is 0 Å². The lowest BCUT2D eigenvalue weighted by molar-refractivity contribution is 0.414. The molecule has 2 nitrogen and oxygen atoms in total. The van der Waals surface area contributed by atoms with Crippen LogP contribution >= 0.6 is 15.9 Å². The van der Waals surface area contributed by atoms with Crippen LogP contribution in [0.25, 0.3) is 0 Å². The Kier molecular flexibility index (Phi) is 3.85. The number of hydrogen-bond acceptors (Lipinski definition) is 2. The second-order valence-corrected chi connectivity index (χ2v) is 5.90. The van der Waals surface area contributed by atoms with E-state index in [-0.39, 0.29) is 16.2 Å². The Hall–Kier alpha value is -1.62. The van der Waals surface area contributed by atoms with Gasteiger partial charge in [-0.1, -0.05) is 6.07 Å². The van der Waals surface area contributed by atoms with Crippen LogP contribution in [0.5, 0.6) is 5.75 Å². The normalized spacial score (nSPS) is 16.7. The predicted molar refractivity (Wildman–Crippen MR) is 81.7 cm³/mol. The molecule has 1 unspecified atom stereocenters. The molecule has 1 N–H and O–H groups in total. The van der Waals surface area contributed by atoms with Gasteiger partial charge in [0.1, 0.15) is 17.4 Å². The van der Waals surface area contributed by atoms with E-state index < -0.39 is 11.6 Å². The molecule has 0 spiro atoms. The van der Waals surface area contributed by atoms with Crippen LogP contribution in [-0.4, -0.2) is 7.11 Å². The van der Waals surface area contributed by atoms with Gasteiger partial charge in [-0.15, -0.1) is 0 Å². The molecule has 0 radical (unpaired) electrons. The fourth-order valence-electron chi connectivity index (χ4n) is 2.68. The topological polar surface area (TPSA) is 21.3 Å². The average Bonchev–Trinajstić information content (AvgIpc) is 2.87. The number of benzene rings is 2. The summed E-state index contributed by atoms with van der Waals surface area (Å²) in [5.74, 6) is -0.188. The van der Waals surface area contributed by atoms with Crippen molar-refractivity contribution >= 4 is 21.6 Å². The molecule has 1 atom stereocenters. The Balaban J connectivity index is 1.90. The first-order valence-electron chi connectivity index (χ1n) is 6.66. The van der Waals surface area contributed by atoms with E-state index in [1.54, 1.807) is 7.11 Å². The van der Waals surface area contributed by atoms with E-state index in [1.807, 2.05) is 18.2 Å². The highest BCUT2D eigenvalue weighted by Crippen LogP contribution is 2.37. The van der Waals surface area contributed by atoms with Gasteiger partial charge >= 0.3 is 0 Å². The number of nitrogens with one attached hydrogen (secondary N) is 1. The second-order valence-electron chi connectivity index (χ2n) is 5.05. The molecule has 3 rings (SSSR count). The molecule has 21 heavy (non-hydrogen) atoms. The van der Waals surface area contributed by atoms with Gasteiger partial charge in [-0.05, 0) is 58.1 Å². The van der Waals surface area contributed by atoms with Crippen molar-refractivity contribution in [3.8, 4) is 5.75 Å². The quantitative estimate of drug-likeness (QED) is 0.797. The number of rotatable bonds is 3. The Bertz CT molecular complexity index is 690. The Morgan fingerprint density at radius 3 is 2.76 bits per heavy atom. The highest BCUT2D eigenvalue weighted by molar-refractivity contribution is 9.10. The number of ether oxygens (including phenoxy) is 1. The molecule has 0 amide bonds. The molecule has 1 aliphatic carbocycles. The summed E-state index contributed by atoms with van der Waals surface area (Å²) in [5.41, 5.74) is 2.47. The van der Waals surface area contributed by atoms with Gasteiger partial charge in [0.05, 0.1) is 23.3 Å². The number of hydrogen-bond donors (Lipinski definition) is 1. The minimum Gasteiger partial charge on any atom is -0.497 e. The molecule has 110 valence electrons. The molecular weight excluding hydrogens is 340 g/mol. The number of anilines is 1. The zero-order chi connectivity index (χ0) is 15.0. The molecule has 0 aliphatic heterocycles. The van der Waals surface area contributed by atoms with Gasteiger partial charge in [0.15, 0.2) is 0 Å². The molecule has 5 heteroatoms. The third kappa shape index (κ3) is 2.75. The summed E-state index contributed by atoms with van der Waals surface area (Å²) in [7, 11) is 1.61. The van der Waals surface area contributed by atoms with Crippen LogP contribution < -0.4 is 10.1 Å². The first-order chi connectivity index (χ1) is 10.1. The maximum atomic E-state index is 13.9. The molecule has 0 fully saturated rings. The van der Waals surface area contributed by atoms with Crippen LogP contribution in [0.15, 0.2) is 34.8 Å². The minimum absolute atomic E-state index is 0.0369. The molecule has 0 saturated heterocycles. The highest BCUT2D eigenvalue weighted by atomic mass is 79.9. The van der Waals surface area contributed by atoms with Crippen LogP contribution in [-0.2, 0) is 6.42 Å². The fraction of sp³-hybridized carbons (Fsp3) is 0.250. The third-order valence-corrected chi connectivity index (χ3v) is 4.38. The third-order valence-electron chi connectivity index (χ3n) is 3.77. The van der Waals surface area contributed by atoms with Gasteiger partial charge < -0.3 is 10.1 Å². The van der Waals surface area contributed by atoms with Crippen LogP contribution in [0.4, 0.5) is 14.5 Å². The summed E-state index contributed by atoms with van der Waals surface area (Å²) < 4.78 is 32.8. The second kappa shape index (κ2) is 5.64. The van der Waals surface area contributed by atoms with E-state index in [9.17, 15) is 8.78 Å². The maximum absolute atomic E-state index is 13.9. The van der Waals surface area contributed by atoms with Crippen molar-refractivity contribution in [2.24, 2.45) is 0 Å². The van der Waals surface area contributed by atoms with Crippen molar-refractivity contribution in [2.75, 3.05) is 12.4 Å². The minimum atomic E-state index is -0.484. The highest BCUT2D eigenvalue weighted by Gasteiger charge is 2.24. The molecule has 0 aromatic heterocycles. The molecule has 0 bridgehead atoms. The largest absolute Gasteiger partial charge is 0.497 e. The lowest BCUT2D eigenvalue weighted by Crippen LogP contribution is -2.09. The zero-order valence-electron chi connectivity index (χ0n) is 11.4. The molecule has 1 aliphatic rings. The molecular formula is C16H14BrF2NO. The van der Waals surface area contributed by atoms with Crippen LogP contribution in [0.1, 0.15) is 23.6 Å². The van der Waals surface area contributed by atoms with Crippen molar-refractivity contribution in [3.63, 3.8) is 0 Å². The summed E-state index contributed by atoms with van der Waals surface area (Å²) >= 11 is 2.98. The van der Waals surface area contributed by atoms with Crippen molar-refractivity contribution in [1.29, 1.82) is 0 Å². The average molecular weight is 354 g/mol. The van der Waals surface area contributed by atoms with E-state index in [1.165, 1.54) is 11.6 Å². The lowest BCUT2D eigenvalue weighted by Gasteiger charge is -2.17. The van der Waals surface area contributed by atoms with Gasteiger partial charge in [-0.2, -0.15) is 0 Å². The number of fused-ring (bicyclic) bond motifs is 1. The van der Waals surface area contributed by atoms with Gasteiger partial charge in [-0.3, -0.25) is 0 Å². The van der Waals surface area contributed by atoms with Crippen LogP contribution in [0.2, 0.25) is 0 Å². The van der Waals surface area contributed by atoms with E-state index in [2.05, 4.69) is 21.2 Å². The summed E-state index contributed by atoms with van der Waals surface area (Å²) in [6.07, 6.45) is 1.76. The monoisotopic (exact) mass is 353 g/mol.